The lowest BCUT2D eigenvalue weighted by Gasteiger charge is -2.36. The first-order valence-corrected chi connectivity index (χ1v) is 9.62. The van der Waals surface area contributed by atoms with Crippen molar-refractivity contribution in [1.29, 1.82) is 0 Å². The van der Waals surface area contributed by atoms with Gasteiger partial charge in [-0.3, -0.25) is 9.59 Å². The average Bonchev–Trinajstić information content (AvgIpc) is 2.72. The maximum atomic E-state index is 12.4. The SMILES string of the molecule is COc1ccc(N2CCN(C(=O)CNC(=O)C3CCCCC3)CC2)cc1. The maximum Gasteiger partial charge on any atom is 0.242 e. The number of piperazine rings is 1. The van der Waals surface area contributed by atoms with Crippen molar-refractivity contribution in [2.24, 2.45) is 5.92 Å². The van der Waals surface area contributed by atoms with Crippen molar-refractivity contribution in [2.75, 3.05) is 44.7 Å². The number of amides is 2. The van der Waals surface area contributed by atoms with Gasteiger partial charge < -0.3 is 19.9 Å². The number of anilines is 1. The van der Waals surface area contributed by atoms with E-state index in [-0.39, 0.29) is 24.3 Å². The van der Waals surface area contributed by atoms with Gasteiger partial charge in [0.2, 0.25) is 11.8 Å². The highest BCUT2D eigenvalue weighted by Gasteiger charge is 2.24. The van der Waals surface area contributed by atoms with E-state index in [1.807, 2.05) is 29.2 Å². The minimum absolute atomic E-state index is 0.0172. The zero-order chi connectivity index (χ0) is 18.4. The van der Waals surface area contributed by atoms with E-state index in [0.717, 1.165) is 50.2 Å². The molecule has 1 aromatic rings. The van der Waals surface area contributed by atoms with Crippen LogP contribution < -0.4 is 15.0 Å². The summed E-state index contributed by atoms with van der Waals surface area (Å²) < 4.78 is 5.19. The molecule has 0 aromatic heterocycles. The molecule has 142 valence electrons. The van der Waals surface area contributed by atoms with Crippen molar-refractivity contribution in [3.63, 3.8) is 0 Å². The third-order valence-electron chi connectivity index (χ3n) is 5.46. The lowest BCUT2D eigenvalue weighted by atomic mass is 9.89. The molecule has 3 rings (SSSR count). The van der Waals surface area contributed by atoms with Gasteiger partial charge in [0, 0.05) is 37.8 Å². The molecule has 6 heteroatoms. The monoisotopic (exact) mass is 359 g/mol. The standard InChI is InChI=1S/C20H29N3O3/c1-26-18-9-7-17(8-10-18)22-11-13-23(14-12-22)19(24)15-21-20(25)16-5-3-2-4-6-16/h7-10,16H,2-6,11-15H2,1H3,(H,21,25). The Morgan fingerprint density at radius 3 is 2.31 bits per heavy atom. The summed E-state index contributed by atoms with van der Waals surface area (Å²) in [6.45, 7) is 3.09. The molecule has 1 heterocycles. The van der Waals surface area contributed by atoms with Gasteiger partial charge in [-0.25, -0.2) is 0 Å². The smallest absolute Gasteiger partial charge is 0.242 e. The number of benzene rings is 1. The molecule has 1 aliphatic heterocycles. The molecule has 1 saturated heterocycles. The van der Waals surface area contributed by atoms with E-state index in [4.69, 9.17) is 4.74 Å². The number of carbonyl (C=O) groups excluding carboxylic acids is 2. The second kappa shape index (κ2) is 8.92. The fourth-order valence-electron chi connectivity index (χ4n) is 3.79. The second-order valence-electron chi connectivity index (χ2n) is 7.12. The molecule has 1 saturated carbocycles. The predicted molar refractivity (Wildman–Crippen MR) is 101 cm³/mol. The van der Waals surface area contributed by atoms with E-state index in [9.17, 15) is 9.59 Å². The Morgan fingerprint density at radius 1 is 1.04 bits per heavy atom. The van der Waals surface area contributed by atoms with Crippen LogP contribution in [0.5, 0.6) is 5.75 Å². The van der Waals surface area contributed by atoms with E-state index in [0.29, 0.717) is 13.1 Å². The van der Waals surface area contributed by atoms with Crippen molar-refractivity contribution in [1.82, 2.24) is 10.2 Å². The van der Waals surface area contributed by atoms with Gasteiger partial charge in [-0.1, -0.05) is 19.3 Å². The molecule has 26 heavy (non-hydrogen) atoms. The summed E-state index contributed by atoms with van der Waals surface area (Å²) >= 11 is 0. The molecule has 2 amide bonds. The number of ether oxygens (including phenoxy) is 1. The van der Waals surface area contributed by atoms with Crippen LogP contribution in [-0.4, -0.2) is 56.5 Å². The molecule has 0 unspecified atom stereocenters. The zero-order valence-corrected chi connectivity index (χ0v) is 15.6. The van der Waals surface area contributed by atoms with Gasteiger partial charge in [-0.15, -0.1) is 0 Å². The third-order valence-corrected chi connectivity index (χ3v) is 5.46. The Morgan fingerprint density at radius 2 is 1.69 bits per heavy atom. The quantitative estimate of drug-likeness (QED) is 0.874. The molecule has 1 aliphatic carbocycles. The Hall–Kier alpha value is -2.24. The van der Waals surface area contributed by atoms with Crippen LogP contribution in [-0.2, 0) is 9.59 Å². The van der Waals surface area contributed by atoms with Gasteiger partial charge in [0.25, 0.3) is 0 Å². The number of carbonyl (C=O) groups is 2. The van der Waals surface area contributed by atoms with Crippen LogP contribution >= 0.6 is 0 Å². The summed E-state index contributed by atoms with van der Waals surface area (Å²) in [7, 11) is 1.66. The summed E-state index contributed by atoms with van der Waals surface area (Å²) in [5.41, 5.74) is 1.14. The van der Waals surface area contributed by atoms with Crippen LogP contribution in [0.25, 0.3) is 0 Å². The average molecular weight is 359 g/mol. The Kier molecular flexibility index (Phi) is 6.36. The number of nitrogens with zero attached hydrogens (tertiary/aromatic N) is 2. The van der Waals surface area contributed by atoms with Crippen molar-refractivity contribution in [3.8, 4) is 5.75 Å². The van der Waals surface area contributed by atoms with Gasteiger partial charge >= 0.3 is 0 Å². The van der Waals surface area contributed by atoms with Crippen LogP contribution in [0.2, 0.25) is 0 Å². The lowest BCUT2D eigenvalue weighted by molar-refractivity contribution is -0.134. The zero-order valence-electron chi connectivity index (χ0n) is 15.6. The van der Waals surface area contributed by atoms with Crippen molar-refractivity contribution < 1.29 is 14.3 Å². The van der Waals surface area contributed by atoms with Crippen molar-refractivity contribution in [3.05, 3.63) is 24.3 Å². The molecular weight excluding hydrogens is 330 g/mol. The molecule has 6 nitrogen and oxygen atoms in total. The fraction of sp³-hybridized carbons (Fsp3) is 0.600. The molecule has 2 fully saturated rings. The van der Waals surface area contributed by atoms with Crippen molar-refractivity contribution in [2.45, 2.75) is 32.1 Å². The first kappa shape index (κ1) is 18.5. The highest BCUT2D eigenvalue weighted by molar-refractivity contribution is 5.86. The summed E-state index contributed by atoms with van der Waals surface area (Å²) in [4.78, 5) is 28.7. The first-order valence-electron chi connectivity index (χ1n) is 9.62. The van der Waals surface area contributed by atoms with Crippen LogP contribution in [0.15, 0.2) is 24.3 Å². The maximum absolute atomic E-state index is 12.4. The molecule has 2 aliphatic rings. The van der Waals surface area contributed by atoms with E-state index in [2.05, 4.69) is 10.2 Å². The number of nitrogens with one attached hydrogen (secondary N) is 1. The molecular formula is C20H29N3O3. The normalized spacial score (nSPS) is 18.5. The second-order valence-corrected chi connectivity index (χ2v) is 7.12. The molecule has 0 bridgehead atoms. The van der Waals surface area contributed by atoms with Gasteiger partial charge in [0.15, 0.2) is 0 Å². The fourth-order valence-corrected chi connectivity index (χ4v) is 3.79. The highest BCUT2D eigenvalue weighted by Crippen LogP contribution is 2.23. The van der Waals surface area contributed by atoms with E-state index >= 15 is 0 Å². The molecule has 1 aromatic carbocycles. The lowest BCUT2D eigenvalue weighted by Crippen LogP contribution is -2.51. The number of hydrogen-bond donors (Lipinski definition) is 1. The summed E-state index contributed by atoms with van der Waals surface area (Å²) in [6, 6.07) is 7.99. The predicted octanol–water partition coefficient (Wildman–Crippen LogP) is 2.04. The van der Waals surface area contributed by atoms with Crippen molar-refractivity contribution >= 4 is 17.5 Å². The largest absolute Gasteiger partial charge is 0.497 e. The number of hydrogen-bond acceptors (Lipinski definition) is 4. The minimum atomic E-state index is 0.0172. The Bertz CT molecular complexity index is 603. The molecule has 0 atom stereocenters. The van der Waals surface area contributed by atoms with E-state index < -0.39 is 0 Å². The van der Waals surface area contributed by atoms with Gasteiger partial charge in [-0.05, 0) is 37.1 Å². The number of methoxy groups -OCH3 is 1. The molecule has 1 N–H and O–H groups in total. The first-order chi connectivity index (χ1) is 12.7. The highest BCUT2D eigenvalue weighted by atomic mass is 16.5. The minimum Gasteiger partial charge on any atom is -0.497 e. The van der Waals surface area contributed by atoms with Crippen LogP contribution in [0.3, 0.4) is 0 Å². The molecule has 0 radical (unpaired) electrons. The summed E-state index contributed by atoms with van der Waals surface area (Å²) in [6.07, 6.45) is 5.39. The van der Waals surface area contributed by atoms with E-state index in [1.54, 1.807) is 7.11 Å². The van der Waals surface area contributed by atoms with Crippen LogP contribution in [0.1, 0.15) is 32.1 Å². The topological polar surface area (TPSA) is 61.9 Å². The summed E-state index contributed by atoms with van der Waals surface area (Å²) in [5, 5.41) is 2.85. The Balaban J connectivity index is 1.42. The summed E-state index contributed by atoms with van der Waals surface area (Å²) in [5.74, 6) is 1.01. The molecule has 0 spiro atoms. The van der Waals surface area contributed by atoms with Gasteiger partial charge in [0.1, 0.15) is 5.75 Å². The number of rotatable bonds is 5. The van der Waals surface area contributed by atoms with E-state index in [1.165, 1.54) is 6.42 Å². The van der Waals surface area contributed by atoms with Gasteiger partial charge in [0.05, 0.1) is 13.7 Å². The Labute approximate surface area is 155 Å². The van der Waals surface area contributed by atoms with Gasteiger partial charge in [-0.2, -0.15) is 0 Å². The van der Waals surface area contributed by atoms with Crippen LogP contribution in [0.4, 0.5) is 5.69 Å². The third kappa shape index (κ3) is 4.68. The van der Waals surface area contributed by atoms with Crippen LogP contribution in [0, 0.1) is 5.92 Å².